The molecule has 0 aliphatic heterocycles. The Balaban J connectivity index is 0.00000289. The molecule has 0 heterocycles. The molecule has 0 saturated carbocycles. The number of hydrogen-bond donors (Lipinski definition) is 1. The summed E-state index contributed by atoms with van der Waals surface area (Å²) in [5.41, 5.74) is 5.40. The predicted molar refractivity (Wildman–Crippen MR) is 66.7 cm³/mol. The third-order valence-corrected chi connectivity index (χ3v) is 2.18. The zero-order valence-corrected chi connectivity index (χ0v) is 10.5. The number of ether oxygens (including phenoxy) is 1. The first-order valence-corrected chi connectivity index (χ1v) is 5.24. The number of rotatable bonds is 6. The summed E-state index contributed by atoms with van der Waals surface area (Å²) >= 11 is 0. The molecule has 0 bridgehead atoms. The van der Waals surface area contributed by atoms with E-state index >= 15 is 0 Å². The smallest absolute Gasteiger partial charge is 0.306 e. The maximum atomic E-state index is 13.1. The second-order valence-corrected chi connectivity index (χ2v) is 3.49. The van der Waals surface area contributed by atoms with Gasteiger partial charge in [-0.1, -0.05) is 18.2 Å². The van der Waals surface area contributed by atoms with E-state index < -0.39 is 11.8 Å². The van der Waals surface area contributed by atoms with Crippen molar-refractivity contribution in [2.45, 2.75) is 19.4 Å². The number of carbonyl (C=O) groups excluding carboxylic acids is 2. The van der Waals surface area contributed by atoms with E-state index in [9.17, 15) is 14.0 Å². The largest absolute Gasteiger partial charge is 0.461 e. The van der Waals surface area contributed by atoms with Crippen LogP contribution in [0.2, 0.25) is 0 Å². The highest BCUT2D eigenvalue weighted by Crippen LogP contribution is 2.08. The first-order valence-electron chi connectivity index (χ1n) is 5.24. The van der Waals surface area contributed by atoms with Crippen LogP contribution in [0.5, 0.6) is 0 Å². The molecule has 0 amide bonds. The van der Waals surface area contributed by atoms with Gasteiger partial charge in [0.2, 0.25) is 0 Å². The summed E-state index contributed by atoms with van der Waals surface area (Å²) in [5, 5.41) is 0. The fourth-order valence-electron chi connectivity index (χ4n) is 1.19. The van der Waals surface area contributed by atoms with E-state index in [4.69, 9.17) is 10.5 Å². The van der Waals surface area contributed by atoms with Gasteiger partial charge >= 0.3 is 5.97 Å². The highest BCUT2D eigenvalue weighted by atomic mass is 35.5. The number of carbonyl (C=O) groups is 2. The quantitative estimate of drug-likeness (QED) is 0.801. The van der Waals surface area contributed by atoms with Crippen molar-refractivity contribution in [3.8, 4) is 0 Å². The van der Waals surface area contributed by atoms with E-state index in [-0.39, 0.29) is 44.2 Å². The van der Waals surface area contributed by atoms with E-state index in [1.807, 2.05) is 0 Å². The molecule has 18 heavy (non-hydrogen) atoms. The SMILES string of the molecule is Cl.NCC(=O)CCC(=O)OCc1ccccc1F. The molecule has 0 aliphatic rings. The third kappa shape index (κ3) is 5.75. The molecule has 0 aliphatic carbocycles. The van der Waals surface area contributed by atoms with Crippen LogP contribution in [0.15, 0.2) is 24.3 Å². The topological polar surface area (TPSA) is 69.4 Å². The molecular weight excluding hydrogens is 261 g/mol. The maximum Gasteiger partial charge on any atom is 0.306 e. The average Bonchev–Trinajstić information content (AvgIpc) is 2.35. The van der Waals surface area contributed by atoms with Gasteiger partial charge in [0.05, 0.1) is 13.0 Å². The lowest BCUT2D eigenvalue weighted by Crippen LogP contribution is -2.15. The second kappa shape index (κ2) is 8.60. The molecule has 1 aromatic rings. The summed E-state index contributed by atoms with van der Waals surface area (Å²) in [5.74, 6) is -1.15. The Morgan fingerprint density at radius 2 is 1.89 bits per heavy atom. The molecule has 0 spiro atoms. The molecule has 2 N–H and O–H groups in total. The molecule has 100 valence electrons. The average molecular weight is 276 g/mol. The molecule has 0 saturated heterocycles. The van der Waals surface area contributed by atoms with Crippen LogP contribution in [-0.2, 0) is 20.9 Å². The number of nitrogens with two attached hydrogens (primary N) is 1. The summed E-state index contributed by atoms with van der Waals surface area (Å²) in [6, 6.07) is 6.04. The lowest BCUT2D eigenvalue weighted by atomic mass is 10.2. The lowest BCUT2D eigenvalue weighted by Gasteiger charge is -2.05. The Hall–Kier alpha value is -1.46. The number of hydrogen-bond acceptors (Lipinski definition) is 4. The van der Waals surface area contributed by atoms with E-state index in [2.05, 4.69) is 0 Å². The molecule has 1 rings (SSSR count). The zero-order chi connectivity index (χ0) is 12.7. The molecule has 4 nitrogen and oxygen atoms in total. The van der Waals surface area contributed by atoms with Crippen molar-refractivity contribution in [2.24, 2.45) is 5.73 Å². The van der Waals surface area contributed by atoms with Gasteiger partial charge in [-0.25, -0.2) is 4.39 Å². The summed E-state index contributed by atoms with van der Waals surface area (Å²) in [6.45, 7) is -0.205. The number of benzene rings is 1. The minimum atomic E-state index is -0.532. The second-order valence-electron chi connectivity index (χ2n) is 3.49. The predicted octanol–water partition coefficient (Wildman–Crippen LogP) is 1.60. The Kier molecular flexibility index (Phi) is 7.91. The van der Waals surface area contributed by atoms with Crippen LogP contribution >= 0.6 is 12.4 Å². The highest BCUT2D eigenvalue weighted by Gasteiger charge is 2.08. The standard InChI is InChI=1S/C12H14FNO3.ClH/c13-11-4-2-1-3-9(11)8-17-12(16)6-5-10(15)7-14;/h1-4H,5-8,14H2;1H. The maximum absolute atomic E-state index is 13.1. The molecule has 0 fully saturated rings. The fraction of sp³-hybridized carbons (Fsp3) is 0.333. The summed E-state index contributed by atoms with van der Waals surface area (Å²) in [7, 11) is 0. The minimum Gasteiger partial charge on any atom is -0.461 e. The van der Waals surface area contributed by atoms with Crippen molar-refractivity contribution in [3.63, 3.8) is 0 Å². The summed E-state index contributed by atoms with van der Waals surface area (Å²) in [4.78, 5) is 22.1. The summed E-state index contributed by atoms with van der Waals surface area (Å²) < 4.78 is 18.0. The fourth-order valence-corrected chi connectivity index (χ4v) is 1.19. The molecule has 0 atom stereocenters. The van der Waals surface area contributed by atoms with E-state index in [0.29, 0.717) is 5.56 Å². The molecule has 1 aromatic carbocycles. The van der Waals surface area contributed by atoms with E-state index in [1.54, 1.807) is 12.1 Å². The molecule has 6 heteroatoms. The normalized spacial score (nSPS) is 9.44. The van der Waals surface area contributed by atoms with Gasteiger partial charge in [-0.2, -0.15) is 0 Å². The Morgan fingerprint density at radius 3 is 2.50 bits per heavy atom. The number of esters is 1. The third-order valence-electron chi connectivity index (χ3n) is 2.18. The van der Waals surface area contributed by atoms with Crippen LogP contribution in [0, 0.1) is 5.82 Å². The summed E-state index contributed by atoms with van der Waals surface area (Å²) in [6.07, 6.45) is 0.0388. The minimum absolute atomic E-state index is 0. The van der Waals surface area contributed by atoms with Gasteiger partial charge in [0.25, 0.3) is 0 Å². The van der Waals surface area contributed by atoms with Crippen molar-refractivity contribution >= 4 is 24.2 Å². The van der Waals surface area contributed by atoms with E-state index in [1.165, 1.54) is 12.1 Å². The first-order chi connectivity index (χ1) is 8.13. The zero-order valence-electron chi connectivity index (χ0n) is 9.73. The number of Topliss-reactive ketones (excluding diaryl/α,β-unsaturated/α-hetero) is 1. The van der Waals surface area contributed by atoms with Crippen molar-refractivity contribution in [3.05, 3.63) is 35.6 Å². The van der Waals surface area contributed by atoms with Crippen molar-refractivity contribution < 1.29 is 18.7 Å². The van der Waals surface area contributed by atoms with Crippen LogP contribution < -0.4 is 5.73 Å². The van der Waals surface area contributed by atoms with Gasteiger partial charge < -0.3 is 10.5 Å². The van der Waals surface area contributed by atoms with E-state index in [0.717, 1.165) is 0 Å². The first kappa shape index (κ1) is 16.5. The van der Waals surface area contributed by atoms with Crippen molar-refractivity contribution in [1.29, 1.82) is 0 Å². The van der Waals surface area contributed by atoms with Gasteiger partial charge in [-0.15, -0.1) is 12.4 Å². The molecule has 0 radical (unpaired) electrons. The van der Waals surface area contributed by atoms with Crippen LogP contribution in [0.1, 0.15) is 18.4 Å². The Bertz CT molecular complexity index is 412. The number of halogens is 2. The highest BCUT2D eigenvalue weighted by molar-refractivity contribution is 5.85. The molecular formula is C12H15ClFNO3. The van der Waals surface area contributed by atoms with Gasteiger partial charge in [-0.05, 0) is 6.07 Å². The lowest BCUT2D eigenvalue weighted by molar-refractivity contribution is -0.146. The van der Waals surface area contributed by atoms with Crippen molar-refractivity contribution in [2.75, 3.05) is 6.54 Å². The van der Waals surface area contributed by atoms with Crippen LogP contribution in [0.25, 0.3) is 0 Å². The number of ketones is 1. The Labute approximate surface area is 111 Å². The van der Waals surface area contributed by atoms with Crippen molar-refractivity contribution in [1.82, 2.24) is 0 Å². The van der Waals surface area contributed by atoms with Crippen LogP contribution in [0.4, 0.5) is 4.39 Å². The van der Waals surface area contributed by atoms with Crippen LogP contribution in [-0.4, -0.2) is 18.3 Å². The van der Waals surface area contributed by atoms with Crippen LogP contribution in [0.3, 0.4) is 0 Å². The molecule has 0 unspecified atom stereocenters. The van der Waals surface area contributed by atoms with Gasteiger partial charge in [0.1, 0.15) is 18.2 Å². The van der Waals surface area contributed by atoms with Gasteiger partial charge in [-0.3, -0.25) is 9.59 Å². The monoisotopic (exact) mass is 275 g/mol. The van der Waals surface area contributed by atoms with Gasteiger partial charge in [0.15, 0.2) is 0 Å². The Morgan fingerprint density at radius 1 is 1.22 bits per heavy atom. The molecule has 0 aromatic heterocycles. The van der Waals surface area contributed by atoms with Gasteiger partial charge in [0, 0.05) is 12.0 Å².